The zero-order valence-corrected chi connectivity index (χ0v) is 6.99. The SMILES string of the molecule is Nc1ccc2cccc3c2c1C=N3. The summed E-state index contributed by atoms with van der Waals surface area (Å²) in [5.74, 6) is 0. The van der Waals surface area contributed by atoms with E-state index in [9.17, 15) is 0 Å². The normalized spacial score (nSPS) is 12.6. The Kier molecular flexibility index (Phi) is 1.08. The van der Waals surface area contributed by atoms with Crippen LogP contribution in [-0.2, 0) is 0 Å². The van der Waals surface area contributed by atoms with Crippen LogP contribution in [0.5, 0.6) is 0 Å². The molecule has 2 aromatic rings. The lowest BCUT2D eigenvalue weighted by Crippen LogP contribution is -1.90. The monoisotopic (exact) mass is 168 g/mol. The van der Waals surface area contributed by atoms with Crippen LogP contribution in [-0.4, -0.2) is 6.21 Å². The number of nitrogen functional groups attached to an aromatic ring is 1. The van der Waals surface area contributed by atoms with Gasteiger partial charge in [-0.05, 0) is 17.5 Å². The maximum absolute atomic E-state index is 5.84. The van der Waals surface area contributed by atoms with E-state index in [0.29, 0.717) is 0 Å². The first-order valence-electron chi connectivity index (χ1n) is 4.21. The minimum absolute atomic E-state index is 0.807. The zero-order chi connectivity index (χ0) is 8.84. The van der Waals surface area contributed by atoms with Gasteiger partial charge in [-0.25, -0.2) is 0 Å². The van der Waals surface area contributed by atoms with Crippen molar-refractivity contribution in [2.75, 3.05) is 5.73 Å². The summed E-state index contributed by atoms with van der Waals surface area (Å²) in [4.78, 5) is 4.30. The molecule has 2 N–H and O–H groups in total. The van der Waals surface area contributed by atoms with Crippen molar-refractivity contribution in [1.82, 2.24) is 0 Å². The predicted octanol–water partition coefficient (Wildman–Crippen LogP) is 2.49. The van der Waals surface area contributed by atoms with E-state index in [4.69, 9.17) is 5.73 Å². The van der Waals surface area contributed by atoms with Gasteiger partial charge in [-0.2, -0.15) is 0 Å². The van der Waals surface area contributed by atoms with Crippen molar-refractivity contribution in [2.24, 2.45) is 4.99 Å². The van der Waals surface area contributed by atoms with Crippen LogP contribution in [0.25, 0.3) is 10.8 Å². The van der Waals surface area contributed by atoms with Crippen LogP contribution in [0, 0.1) is 0 Å². The number of rotatable bonds is 0. The van der Waals surface area contributed by atoms with Gasteiger partial charge in [0.15, 0.2) is 0 Å². The molecule has 0 atom stereocenters. The van der Waals surface area contributed by atoms with Crippen LogP contribution in [0.2, 0.25) is 0 Å². The molecule has 13 heavy (non-hydrogen) atoms. The summed E-state index contributed by atoms with van der Waals surface area (Å²) < 4.78 is 0. The Morgan fingerprint density at radius 1 is 1.08 bits per heavy atom. The number of aliphatic imine (C=N–C) groups is 1. The van der Waals surface area contributed by atoms with E-state index in [1.807, 2.05) is 30.5 Å². The molecule has 0 aliphatic carbocycles. The van der Waals surface area contributed by atoms with Crippen LogP contribution in [0.3, 0.4) is 0 Å². The highest BCUT2D eigenvalue weighted by Crippen LogP contribution is 2.35. The van der Waals surface area contributed by atoms with E-state index in [0.717, 1.165) is 16.9 Å². The Morgan fingerprint density at radius 2 is 2.00 bits per heavy atom. The molecule has 0 bridgehead atoms. The summed E-state index contributed by atoms with van der Waals surface area (Å²) >= 11 is 0. The highest BCUT2D eigenvalue weighted by atomic mass is 14.8. The van der Waals surface area contributed by atoms with E-state index in [2.05, 4.69) is 11.1 Å². The predicted molar refractivity (Wildman–Crippen MR) is 55.6 cm³/mol. The number of hydrogen-bond donors (Lipinski definition) is 1. The van der Waals surface area contributed by atoms with Gasteiger partial charge in [-0.15, -0.1) is 0 Å². The second-order valence-electron chi connectivity index (χ2n) is 3.20. The molecule has 2 nitrogen and oxygen atoms in total. The van der Waals surface area contributed by atoms with Crippen molar-refractivity contribution >= 4 is 28.4 Å². The maximum atomic E-state index is 5.84. The van der Waals surface area contributed by atoms with Gasteiger partial charge in [0.1, 0.15) is 0 Å². The Morgan fingerprint density at radius 3 is 2.92 bits per heavy atom. The molecule has 0 unspecified atom stereocenters. The first kappa shape index (κ1) is 6.66. The average Bonchev–Trinajstić information content (AvgIpc) is 2.57. The Bertz CT molecular complexity index is 527. The second kappa shape index (κ2) is 2.10. The number of hydrogen-bond acceptors (Lipinski definition) is 2. The molecule has 2 aromatic carbocycles. The maximum Gasteiger partial charge on any atom is 0.0715 e. The molecule has 0 radical (unpaired) electrons. The van der Waals surface area contributed by atoms with E-state index >= 15 is 0 Å². The van der Waals surface area contributed by atoms with E-state index in [1.165, 1.54) is 10.8 Å². The molecule has 0 saturated heterocycles. The second-order valence-corrected chi connectivity index (χ2v) is 3.20. The lowest BCUT2D eigenvalue weighted by atomic mass is 10.0. The summed E-state index contributed by atoms with van der Waals surface area (Å²) in [6.45, 7) is 0. The minimum atomic E-state index is 0.807. The quantitative estimate of drug-likeness (QED) is 0.514. The smallest absolute Gasteiger partial charge is 0.0715 e. The third-order valence-corrected chi connectivity index (χ3v) is 2.43. The number of anilines is 1. The molecular weight excluding hydrogens is 160 g/mol. The molecule has 0 fully saturated rings. The van der Waals surface area contributed by atoms with Gasteiger partial charge in [0, 0.05) is 22.9 Å². The van der Waals surface area contributed by atoms with E-state index in [1.54, 1.807) is 0 Å². The minimum Gasteiger partial charge on any atom is -0.398 e. The molecule has 2 heteroatoms. The van der Waals surface area contributed by atoms with Gasteiger partial charge in [0.2, 0.25) is 0 Å². The summed E-state index contributed by atoms with van der Waals surface area (Å²) in [6.07, 6.45) is 1.84. The van der Waals surface area contributed by atoms with Gasteiger partial charge >= 0.3 is 0 Å². The lowest BCUT2D eigenvalue weighted by Gasteiger charge is -2.02. The molecule has 1 aliphatic heterocycles. The van der Waals surface area contributed by atoms with Crippen molar-refractivity contribution in [2.45, 2.75) is 0 Å². The highest BCUT2D eigenvalue weighted by Gasteiger charge is 2.11. The van der Waals surface area contributed by atoms with Crippen molar-refractivity contribution < 1.29 is 0 Å². The standard InChI is InChI=1S/C11H8N2/c12-9-5-4-7-2-1-3-10-11(7)8(9)6-13-10/h1-6H,12H2. The van der Waals surface area contributed by atoms with Crippen molar-refractivity contribution in [3.63, 3.8) is 0 Å². The molecule has 3 rings (SSSR count). The molecule has 0 spiro atoms. The van der Waals surface area contributed by atoms with Gasteiger partial charge in [-0.3, -0.25) is 4.99 Å². The van der Waals surface area contributed by atoms with E-state index < -0.39 is 0 Å². The average molecular weight is 168 g/mol. The Hall–Kier alpha value is -1.83. The first-order chi connectivity index (χ1) is 6.36. The molecule has 0 amide bonds. The third-order valence-electron chi connectivity index (χ3n) is 2.43. The van der Waals surface area contributed by atoms with Crippen molar-refractivity contribution in [3.05, 3.63) is 35.9 Å². The largest absolute Gasteiger partial charge is 0.398 e. The highest BCUT2D eigenvalue weighted by molar-refractivity contribution is 6.14. The van der Waals surface area contributed by atoms with Gasteiger partial charge in [0.25, 0.3) is 0 Å². The molecule has 62 valence electrons. The lowest BCUT2D eigenvalue weighted by molar-refractivity contribution is 1.63. The fourth-order valence-electron chi connectivity index (χ4n) is 1.78. The Labute approximate surface area is 75.7 Å². The van der Waals surface area contributed by atoms with Crippen LogP contribution >= 0.6 is 0 Å². The summed E-state index contributed by atoms with van der Waals surface area (Å²) in [5.41, 5.74) is 8.74. The summed E-state index contributed by atoms with van der Waals surface area (Å²) in [6, 6.07) is 10.1. The van der Waals surface area contributed by atoms with E-state index in [-0.39, 0.29) is 0 Å². The van der Waals surface area contributed by atoms with Gasteiger partial charge in [0.05, 0.1) is 5.69 Å². The fourth-order valence-corrected chi connectivity index (χ4v) is 1.78. The molecule has 0 saturated carbocycles. The number of benzene rings is 2. The van der Waals surface area contributed by atoms with Crippen LogP contribution < -0.4 is 5.73 Å². The molecule has 1 aliphatic rings. The third kappa shape index (κ3) is 0.746. The van der Waals surface area contributed by atoms with Crippen LogP contribution in [0.1, 0.15) is 5.56 Å². The summed E-state index contributed by atoms with van der Waals surface area (Å²) in [7, 11) is 0. The summed E-state index contributed by atoms with van der Waals surface area (Å²) in [5, 5.41) is 2.39. The number of nitrogens with zero attached hydrogens (tertiary/aromatic N) is 1. The van der Waals surface area contributed by atoms with Crippen LogP contribution in [0.4, 0.5) is 11.4 Å². The number of nitrogens with two attached hydrogens (primary N) is 1. The van der Waals surface area contributed by atoms with Crippen molar-refractivity contribution in [1.29, 1.82) is 0 Å². The van der Waals surface area contributed by atoms with Crippen molar-refractivity contribution in [3.8, 4) is 0 Å². The van der Waals surface area contributed by atoms with Gasteiger partial charge < -0.3 is 5.73 Å². The topological polar surface area (TPSA) is 38.4 Å². The molecular formula is C11H8N2. The first-order valence-corrected chi connectivity index (χ1v) is 4.21. The molecule has 0 aromatic heterocycles. The zero-order valence-electron chi connectivity index (χ0n) is 6.99. The van der Waals surface area contributed by atoms with Crippen LogP contribution in [0.15, 0.2) is 35.3 Å². The molecule has 1 heterocycles. The fraction of sp³-hybridized carbons (Fsp3) is 0. The van der Waals surface area contributed by atoms with Gasteiger partial charge in [-0.1, -0.05) is 18.2 Å². The Balaban J connectivity index is 2.62.